The van der Waals surface area contributed by atoms with Crippen LogP contribution in [0.1, 0.15) is 69.3 Å². The van der Waals surface area contributed by atoms with Crippen molar-refractivity contribution in [2.45, 2.75) is 58.8 Å². The maximum atomic E-state index is 12.3. The van der Waals surface area contributed by atoms with Gasteiger partial charge in [-0.3, -0.25) is 4.79 Å². The van der Waals surface area contributed by atoms with Gasteiger partial charge in [0.25, 0.3) is 5.91 Å². The van der Waals surface area contributed by atoms with Gasteiger partial charge in [0.15, 0.2) is 6.61 Å². The lowest BCUT2D eigenvalue weighted by molar-refractivity contribution is -0.118. The lowest BCUT2D eigenvalue weighted by Crippen LogP contribution is -2.22. The van der Waals surface area contributed by atoms with Crippen LogP contribution < -0.4 is 10.1 Å². The molecule has 0 heterocycles. The van der Waals surface area contributed by atoms with E-state index in [0.29, 0.717) is 23.6 Å². The Balaban J connectivity index is 1.86. The van der Waals surface area contributed by atoms with Crippen molar-refractivity contribution in [3.05, 3.63) is 58.1 Å². The maximum Gasteiger partial charge on any atom is 0.338 e. The van der Waals surface area contributed by atoms with Crippen LogP contribution in [0.4, 0.5) is 5.69 Å². The molecule has 168 valence electrons. The molecule has 2 aromatic carbocycles. The minimum Gasteiger partial charge on any atom is -0.483 e. The number of nitrogens with one attached hydrogen (secondary N) is 1. The summed E-state index contributed by atoms with van der Waals surface area (Å²) in [6.07, 6.45) is 4.24. The Morgan fingerprint density at radius 3 is 2.35 bits per heavy atom. The number of benzene rings is 2. The third-order valence-electron chi connectivity index (χ3n) is 4.74. The highest BCUT2D eigenvalue weighted by atomic mass is 79.9. The minimum absolute atomic E-state index is 0.105. The zero-order chi connectivity index (χ0) is 22.9. The van der Waals surface area contributed by atoms with Gasteiger partial charge < -0.3 is 14.8 Å². The largest absolute Gasteiger partial charge is 0.483 e. The second kappa shape index (κ2) is 11.9. The minimum atomic E-state index is -0.345. The third kappa shape index (κ3) is 8.37. The van der Waals surface area contributed by atoms with Gasteiger partial charge in [-0.1, -0.05) is 62.9 Å². The van der Waals surface area contributed by atoms with Gasteiger partial charge in [-0.05, 0) is 54.3 Å². The number of ether oxygens (including phenoxy) is 2. The number of hydrogen-bond acceptors (Lipinski definition) is 4. The van der Waals surface area contributed by atoms with Gasteiger partial charge in [0.1, 0.15) is 5.75 Å². The number of esters is 1. The lowest BCUT2D eigenvalue weighted by atomic mass is 9.86. The highest BCUT2D eigenvalue weighted by molar-refractivity contribution is 9.10. The standard InChI is InChI=1S/C25H32BrNO4/c1-5-6-7-8-15-30-24(29)18-9-12-20(13-10-18)27-23(28)17-31-22-14-11-19(26)16-21(22)25(2,3)4/h9-14,16H,5-8,15,17H2,1-4H3,(H,27,28). The fourth-order valence-corrected chi connectivity index (χ4v) is 3.38. The molecule has 1 N–H and O–H groups in total. The van der Waals surface area contributed by atoms with Crippen LogP contribution in [0.5, 0.6) is 5.75 Å². The lowest BCUT2D eigenvalue weighted by Gasteiger charge is -2.23. The fraction of sp³-hybridized carbons (Fsp3) is 0.440. The quantitative estimate of drug-likeness (QED) is 0.305. The summed E-state index contributed by atoms with van der Waals surface area (Å²) >= 11 is 3.48. The van der Waals surface area contributed by atoms with Crippen molar-refractivity contribution in [3.8, 4) is 5.75 Å². The summed E-state index contributed by atoms with van der Waals surface area (Å²) in [6, 6.07) is 12.4. The van der Waals surface area contributed by atoms with E-state index < -0.39 is 0 Å². The normalized spacial score (nSPS) is 11.1. The molecule has 0 unspecified atom stereocenters. The van der Waals surface area contributed by atoms with E-state index in [2.05, 4.69) is 48.9 Å². The first kappa shape index (κ1) is 24.9. The Kier molecular flexibility index (Phi) is 9.56. The molecule has 0 saturated heterocycles. The molecule has 2 rings (SSSR count). The summed E-state index contributed by atoms with van der Waals surface area (Å²) in [5, 5.41) is 2.79. The van der Waals surface area contributed by atoms with E-state index in [0.717, 1.165) is 35.7 Å². The Hall–Kier alpha value is -2.34. The molecule has 0 radical (unpaired) electrons. The molecule has 1 amide bonds. The molecule has 31 heavy (non-hydrogen) atoms. The number of rotatable bonds is 10. The highest BCUT2D eigenvalue weighted by Gasteiger charge is 2.20. The molecule has 5 nitrogen and oxygen atoms in total. The number of halogens is 1. The van der Waals surface area contributed by atoms with Gasteiger partial charge in [0.05, 0.1) is 12.2 Å². The predicted octanol–water partition coefficient (Wildman–Crippen LogP) is 6.50. The number of amides is 1. The van der Waals surface area contributed by atoms with Gasteiger partial charge >= 0.3 is 5.97 Å². The van der Waals surface area contributed by atoms with Crippen LogP contribution in [0.3, 0.4) is 0 Å². The maximum absolute atomic E-state index is 12.3. The molecule has 0 aliphatic carbocycles. The Labute approximate surface area is 193 Å². The number of carbonyl (C=O) groups excluding carboxylic acids is 2. The van der Waals surface area contributed by atoms with Crippen LogP contribution in [-0.2, 0) is 14.9 Å². The Morgan fingerprint density at radius 1 is 1.00 bits per heavy atom. The van der Waals surface area contributed by atoms with E-state index in [1.807, 2.05) is 18.2 Å². The monoisotopic (exact) mass is 489 g/mol. The summed E-state index contributed by atoms with van der Waals surface area (Å²) < 4.78 is 12.0. The molecule has 0 aliphatic rings. The van der Waals surface area contributed by atoms with Crippen LogP contribution in [-0.4, -0.2) is 25.1 Å². The number of hydrogen-bond donors (Lipinski definition) is 1. The zero-order valence-electron chi connectivity index (χ0n) is 18.8. The van der Waals surface area contributed by atoms with Gasteiger partial charge in [-0.2, -0.15) is 0 Å². The van der Waals surface area contributed by atoms with Crippen molar-refractivity contribution in [2.75, 3.05) is 18.5 Å². The summed E-state index contributed by atoms with van der Waals surface area (Å²) in [6.45, 7) is 8.76. The molecular weight excluding hydrogens is 458 g/mol. The van der Waals surface area contributed by atoms with Crippen LogP contribution in [0.2, 0.25) is 0 Å². The van der Waals surface area contributed by atoms with Crippen LogP contribution in [0.15, 0.2) is 46.9 Å². The fourth-order valence-electron chi connectivity index (χ4n) is 3.02. The van der Waals surface area contributed by atoms with Crippen molar-refractivity contribution in [1.29, 1.82) is 0 Å². The summed E-state index contributed by atoms with van der Waals surface area (Å²) in [4.78, 5) is 24.4. The summed E-state index contributed by atoms with van der Waals surface area (Å²) in [7, 11) is 0. The molecule has 2 aromatic rings. The molecule has 0 bridgehead atoms. The van der Waals surface area contributed by atoms with E-state index >= 15 is 0 Å². The van der Waals surface area contributed by atoms with Crippen LogP contribution >= 0.6 is 15.9 Å². The molecule has 0 saturated carbocycles. The average Bonchev–Trinajstić information content (AvgIpc) is 2.72. The van der Waals surface area contributed by atoms with Crippen LogP contribution in [0, 0.1) is 0 Å². The number of carbonyl (C=O) groups is 2. The van der Waals surface area contributed by atoms with Gasteiger partial charge in [-0.25, -0.2) is 4.79 Å². The molecule has 6 heteroatoms. The van der Waals surface area contributed by atoms with E-state index in [9.17, 15) is 9.59 Å². The van der Waals surface area contributed by atoms with Crippen molar-refractivity contribution in [3.63, 3.8) is 0 Å². The summed E-state index contributed by atoms with van der Waals surface area (Å²) in [5.74, 6) is 0.0690. The van der Waals surface area contributed by atoms with E-state index in [1.54, 1.807) is 24.3 Å². The van der Waals surface area contributed by atoms with E-state index in [-0.39, 0.29) is 23.9 Å². The average molecular weight is 490 g/mol. The molecule has 0 fully saturated rings. The van der Waals surface area contributed by atoms with Gasteiger partial charge in [0.2, 0.25) is 0 Å². The molecule has 0 atom stereocenters. The Bertz CT molecular complexity index is 872. The van der Waals surface area contributed by atoms with E-state index in [1.165, 1.54) is 0 Å². The Morgan fingerprint density at radius 2 is 1.71 bits per heavy atom. The van der Waals surface area contributed by atoms with Gasteiger partial charge in [0, 0.05) is 15.7 Å². The zero-order valence-corrected chi connectivity index (χ0v) is 20.4. The third-order valence-corrected chi connectivity index (χ3v) is 5.24. The SMILES string of the molecule is CCCCCCOC(=O)c1ccc(NC(=O)COc2ccc(Br)cc2C(C)(C)C)cc1. The topological polar surface area (TPSA) is 64.6 Å². The van der Waals surface area contributed by atoms with Crippen molar-refractivity contribution in [2.24, 2.45) is 0 Å². The first-order valence-corrected chi connectivity index (χ1v) is 11.5. The predicted molar refractivity (Wildman–Crippen MR) is 128 cm³/mol. The smallest absolute Gasteiger partial charge is 0.338 e. The highest BCUT2D eigenvalue weighted by Crippen LogP contribution is 2.33. The molecular formula is C25H32BrNO4. The molecule has 0 aliphatic heterocycles. The second-order valence-corrected chi connectivity index (χ2v) is 9.42. The van der Waals surface area contributed by atoms with Crippen molar-refractivity contribution >= 4 is 33.5 Å². The second-order valence-electron chi connectivity index (χ2n) is 8.50. The van der Waals surface area contributed by atoms with E-state index in [4.69, 9.17) is 9.47 Å². The first-order chi connectivity index (χ1) is 14.7. The number of unbranched alkanes of at least 4 members (excludes halogenated alkanes) is 3. The first-order valence-electron chi connectivity index (χ1n) is 10.7. The van der Waals surface area contributed by atoms with Crippen molar-refractivity contribution < 1.29 is 19.1 Å². The van der Waals surface area contributed by atoms with Crippen molar-refractivity contribution in [1.82, 2.24) is 0 Å². The number of anilines is 1. The molecule has 0 aromatic heterocycles. The summed E-state index contributed by atoms with van der Waals surface area (Å²) in [5.41, 5.74) is 1.97. The van der Waals surface area contributed by atoms with Crippen LogP contribution in [0.25, 0.3) is 0 Å². The van der Waals surface area contributed by atoms with Gasteiger partial charge in [-0.15, -0.1) is 0 Å². The molecule has 0 spiro atoms.